The van der Waals surface area contributed by atoms with Gasteiger partial charge in [0, 0.05) is 12.1 Å². The predicted octanol–water partition coefficient (Wildman–Crippen LogP) is 1.60. The molecule has 0 spiro atoms. The van der Waals surface area contributed by atoms with Crippen LogP contribution in [0.5, 0.6) is 0 Å². The van der Waals surface area contributed by atoms with Gasteiger partial charge >= 0.3 is 5.76 Å². The second-order valence-corrected chi connectivity index (χ2v) is 5.25. The summed E-state index contributed by atoms with van der Waals surface area (Å²) in [6.07, 6.45) is 1.48. The fourth-order valence-electron chi connectivity index (χ4n) is 1.17. The van der Waals surface area contributed by atoms with Gasteiger partial charge in [-0.05, 0) is 24.3 Å². The molecule has 0 fully saturated rings. The Bertz CT molecular complexity index is 538. The van der Waals surface area contributed by atoms with E-state index in [1.54, 1.807) is 0 Å². The van der Waals surface area contributed by atoms with Crippen molar-refractivity contribution in [3.8, 4) is 0 Å². The number of halogens is 2. The number of hydrogen-bond donors (Lipinski definition) is 1. The van der Waals surface area contributed by atoms with Crippen molar-refractivity contribution in [3.63, 3.8) is 0 Å². The molecule has 1 aromatic rings. The van der Waals surface area contributed by atoms with E-state index in [2.05, 4.69) is 11.9 Å². The van der Waals surface area contributed by atoms with Crippen LogP contribution in [0.15, 0.2) is 41.8 Å². The van der Waals surface area contributed by atoms with Crippen LogP contribution in [0.25, 0.3) is 0 Å². The normalized spacial score (nSPS) is 11.3. The summed E-state index contributed by atoms with van der Waals surface area (Å²) in [4.78, 5) is 10.9. The fourth-order valence-corrected chi connectivity index (χ4v) is 1.89. The van der Waals surface area contributed by atoms with E-state index in [4.69, 9.17) is 0 Å². The van der Waals surface area contributed by atoms with Crippen molar-refractivity contribution in [2.24, 2.45) is 0 Å². The summed E-state index contributed by atoms with van der Waals surface area (Å²) in [5.74, 6) is -3.91. The number of nitrogens with one attached hydrogen (secondary N) is 1. The highest BCUT2D eigenvalue weighted by Gasteiger charge is 2.26. The highest BCUT2D eigenvalue weighted by atomic mass is 32.2. The standard InChI is InChI=1S/C11H11F2NO3S/c1-2-7-14-10(15)8-3-5-9(6-4-8)18(16,17)11(12)13/h2-6,11H,1,7H2,(H,14,15). The average molecular weight is 275 g/mol. The molecule has 0 aliphatic rings. The molecule has 0 aliphatic heterocycles. The lowest BCUT2D eigenvalue weighted by Crippen LogP contribution is -2.23. The number of carbonyl (C=O) groups excluding carboxylic acids is 1. The Hall–Kier alpha value is -1.76. The molecule has 1 N–H and O–H groups in total. The first kappa shape index (κ1) is 14.3. The molecule has 0 saturated carbocycles. The van der Waals surface area contributed by atoms with Gasteiger partial charge in [-0.25, -0.2) is 8.42 Å². The molecule has 0 unspecified atom stereocenters. The van der Waals surface area contributed by atoms with Gasteiger partial charge in [-0.3, -0.25) is 4.79 Å². The molecule has 0 radical (unpaired) electrons. The van der Waals surface area contributed by atoms with Crippen molar-refractivity contribution in [2.45, 2.75) is 10.7 Å². The zero-order valence-electron chi connectivity index (χ0n) is 9.27. The zero-order chi connectivity index (χ0) is 13.8. The van der Waals surface area contributed by atoms with Crippen LogP contribution in [-0.2, 0) is 9.84 Å². The van der Waals surface area contributed by atoms with Gasteiger partial charge in [0.05, 0.1) is 4.90 Å². The molecule has 7 heteroatoms. The number of sulfone groups is 1. The number of benzene rings is 1. The van der Waals surface area contributed by atoms with Crippen LogP contribution >= 0.6 is 0 Å². The molecule has 98 valence electrons. The minimum Gasteiger partial charge on any atom is -0.349 e. The van der Waals surface area contributed by atoms with Crippen LogP contribution in [0.4, 0.5) is 8.78 Å². The number of hydrogen-bond acceptors (Lipinski definition) is 3. The topological polar surface area (TPSA) is 63.2 Å². The summed E-state index contributed by atoms with van der Waals surface area (Å²) in [6, 6.07) is 4.30. The van der Waals surface area contributed by atoms with Gasteiger partial charge in [-0.1, -0.05) is 6.08 Å². The van der Waals surface area contributed by atoms with Crippen molar-refractivity contribution < 1.29 is 22.0 Å². The van der Waals surface area contributed by atoms with Gasteiger partial charge < -0.3 is 5.32 Å². The van der Waals surface area contributed by atoms with Crippen LogP contribution in [0.3, 0.4) is 0 Å². The summed E-state index contributed by atoms with van der Waals surface area (Å²) >= 11 is 0. The Morgan fingerprint density at radius 1 is 1.33 bits per heavy atom. The molecular formula is C11H11F2NO3S. The minimum atomic E-state index is -4.62. The second-order valence-electron chi connectivity index (χ2n) is 3.33. The third-order valence-corrected chi connectivity index (χ3v) is 3.48. The first-order valence-corrected chi connectivity index (χ1v) is 6.45. The van der Waals surface area contributed by atoms with Gasteiger partial charge in [-0.2, -0.15) is 8.78 Å². The fraction of sp³-hybridized carbons (Fsp3) is 0.182. The predicted molar refractivity (Wildman–Crippen MR) is 62.2 cm³/mol. The Kier molecular flexibility index (Phi) is 4.55. The van der Waals surface area contributed by atoms with Crippen LogP contribution in [0.1, 0.15) is 10.4 Å². The highest BCUT2D eigenvalue weighted by Crippen LogP contribution is 2.18. The average Bonchev–Trinajstić information content (AvgIpc) is 2.35. The van der Waals surface area contributed by atoms with E-state index >= 15 is 0 Å². The summed E-state index contributed by atoms with van der Waals surface area (Å²) in [7, 11) is -4.62. The van der Waals surface area contributed by atoms with Gasteiger partial charge in [0.2, 0.25) is 9.84 Å². The van der Waals surface area contributed by atoms with Gasteiger partial charge in [0.15, 0.2) is 0 Å². The van der Waals surface area contributed by atoms with E-state index in [9.17, 15) is 22.0 Å². The zero-order valence-corrected chi connectivity index (χ0v) is 10.1. The van der Waals surface area contributed by atoms with Crippen LogP contribution < -0.4 is 5.32 Å². The largest absolute Gasteiger partial charge is 0.349 e. The third-order valence-electron chi connectivity index (χ3n) is 2.09. The van der Waals surface area contributed by atoms with E-state index in [1.165, 1.54) is 18.2 Å². The molecule has 0 aromatic heterocycles. The number of rotatable bonds is 5. The van der Waals surface area contributed by atoms with E-state index in [1.807, 2.05) is 0 Å². The van der Waals surface area contributed by atoms with E-state index < -0.39 is 26.4 Å². The minimum absolute atomic E-state index is 0.185. The SMILES string of the molecule is C=CCNC(=O)c1ccc(S(=O)(=O)C(F)F)cc1. The number of amides is 1. The molecule has 18 heavy (non-hydrogen) atoms. The smallest absolute Gasteiger partial charge is 0.341 e. The lowest BCUT2D eigenvalue weighted by atomic mass is 10.2. The monoisotopic (exact) mass is 275 g/mol. The Morgan fingerprint density at radius 3 is 2.33 bits per heavy atom. The molecule has 0 aliphatic carbocycles. The maximum absolute atomic E-state index is 12.2. The molecule has 0 saturated heterocycles. The summed E-state index contributed by atoms with van der Waals surface area (Å²) in [5, 5.41) is 2.47. The summed E-state index contributed by atoms with van der Waals surface area (Å²) in [5.41, 5.74) is 0.185. The number of carbonyl (C=O) groups is 1. The van der Waals surface area contributed by atoms with Crippen molar-refractivity contribution >= 4 is 15.7 Å². The lowest BCUT2D eigenvalue weighted by Gasteiger charge is -2.05. The highest BCUT2D eigenvalue weighted by molar-refractivity contribution is 7.91. The van der Waals surface area contributed by atoms with Crippen LogP contribution in [0.2, 0.25) is 0 Å². The molecule has 1 aromatic carbocycles. The van der Waals surface area contributed by atoms with Gasteiger partial charge in [-0.15, -0.1) is 6.58 Å². The van der Waals surface area contributed by atoms with E-state index in [0.29, 0.717) is 0 Å². The van der Waals surface area contributed by atoms with E-state index in [0.717, 1.165) is 12.1 Å². The quantitative estimate of drug-likeness (QED) is 0.830. The molecule has 4 nitrogen and oxygen atoms in total. The molecule has 0 atom stereocenters. The molecule has 0 bridgehead atoms. The first-order valence-electron chi connectivity index (χ1n) is 4.91. The molecular weight excluding hydrogens is 264 g/mol. The Labute approximate surface area is 103 Å². The first-order chi connectivity index (χ1) is 8.39. The van der Waals surface area contributed by atoms with Crippen molar-refractivity contribution in [1.29, 1.82) is 0 Å². The van der Waals surface area contributed by atoms with Crippen LogP contribution in [0, 0.1) is 0 Å². The number of alkyl halides is 2. The summed E-state index contributed by atoms with van der Waals surface area (Å²) < 4.78 is 46.7. The Balaban J connectivity index is 2.93. The third kappa shape index (κ3) is 3.13. The lowest BCUT2D eigenvalue weighted by molar-refractivity contribution is 0.0958. The second kappa shape index (κ2) is 5.72. The van der Waals surface area contributed by atoms with Crippen molar-refractivity contribution in [3.05, 3.63) is 42.5 Å². The molecule has 0 heterocycles. The Morgan fingerprint density at radius 2 is 1.89 bits per heavy atom. The van der Waals surface area contributed by atoms with E-state index in [-0.39, 0.29) is 12.1 Å². The maximum atomic E-state index is 12.2. The van der Waals surface area contributed by atoms with Gasteiger partial charge in [0.25, 0.3) is 5.91 Å². The van der Waals surface area contributed by atoms with Crippen molar-refractivity contribution in [2.75, 3.05) is 6.54 Å². The van der Waals surface area contributed by atoms with Crippen LogP contribution in [-0.4, -0.2) is 26.6 Å². The maximum Gasteiger partial charge on any atom is 0.341 e. The molecule has 1 amide bonds. The summed E-state index contributed by atoms with van der Waals surface area (Å²) in [6.45, 7) is 3.67. The van der Waals surface area contributed by atoms with Gasteiger partial charge in [0.1, 0.15) is 0 Å². The molecule has 1 rings (SSSR count). The van der Waals surface area contributed by atoms with Crippen molar-refractivity contribution in [1.82, 2.24) is 5.32 Å².